The number of carboxylic acid groups (broad SMARTS) is 1. The molecule has 0 aliphatic rings. The fourth-order valence-corrected chi connectivity index (χ4v) is 5.82. The van der Waals surface area contributed by atoms with Crippen molar-refractivity contribution in [3.8, 4) is 0 Å². The Labute approximate surface area is 196 Å². The Hall–Kier alpha value is -3.15. The maximum absolute atomic E-state index is 12.1. The van der Waals surface area contributed by atoms with Crippen LogP contribution in [0.2, 0.25) is 0 Å². The molecule has 1 aromatic heterocycles. The van der Waals surface area contributed by atoms with E-state index in [0.717, 1.165) is 21.6 Å². The Morgan fingerprint density at radius 2 is 1.34 bits per heavy atom. The van der Waals surface area contributed by atoms with Gasteiger partial charge in [-0.2, -0.15) is 0 Å². The first-order valence-corrected chi connectivity index (χ1v) is 12.2. The Morgan fingerprint density at radius 1 is 0.844 bits per heavy atom. The van der Waals surface area contributed by atoms with Gasteiger partial charge in [0.1, 0.15) is 0 Å². The first-order valence-electron chi connectivity index (χ1n) is 10.3. The molecule has 0 spiro atoms. The van der Waals surface area contributed by atoms with Crippen LogP contribution in [0.25, 0.3) is 0 Å². The lowest BCUT2D eigenvalue weighted by Gasteiger charge is -2.36. The number of benzene rings is 3. The van der Waals surface area contributed by atoms with E-state index in [1.165, 1.54) is 0 Å². The average molecular weight is 458 g/mol. The van der Waals surface area contributed by atoms with Crippen molar-refractivity contribution < 1.29 is 9.90 Å². The van der Waals surface area contributed by atoms with Crippen LogP contribution >= 0.6 is 23.1 Å². The van der Waals surface area contributed by atoms with Crippen molar-refractivity contribution in [1.82, 2.24) is 0 Å². The predicted molar refractivity (Wildman–Crippen MR) is 135 cm³/mol. The monoisotopic (exact) mass is 457 g/mol. The molecule has 3 nitrogen and oxygen atoms in total. The molecule has 0 aliphatic carbocycles. The summed E-state index contributed by atoms with van der Waals surface area (Å²) in [5.74, 6) is -0.594. The fourth-order valence-electron chi connectivity index (χ4n) is 3.68. The molecular weight excluding hydrogens is 434 g/mol. The van der Waals surface area contributed by atoms with Crippen molar-refractivity contribution in [1.29, 1.82) is 0 Å². The maximum Gasteiger partial charge on any atom is 0.329 e. The molecule has 160 valence electrons. The van der Waals surface area contributed by atoms with Crippen LogP contribution in [0.4, 0.5) is 0 Å². The number of carbonyl (C=O) groups is 1. The molecule has 0 saturated heterocycles. The van der Waals surface area contributed by atoms with Crippen LogP contribution in [0.3, 0.4) is 0 Å². The lowest BCUT2D eigenvalue weighted by atomic mass is 9.84. The van der Waals surface area contributed by atoms with Crippen molar-refractivity contribution in [2.45, 2.75) is 10.8 Å². The zero-order valence-electron chi connectivity index (χ0n) is 17.4. The van der Waals surface area contributed by atoms with E-state index in [1.807, 2.05) is 72.1 Å². The fraction of sp³-hybridized carbons (Fsp3) is 0.111. The lowest BCUT2D eigenvalue weighted by molar-refractivity contribution is -0.137. The van der Waals surface area contributed by atoms with Crippen LogP contribution in [0.1, 0.15) is 21.6 Å². The van der Waals surface area contributed by atoms with Gasteiger partial charge < -0.3 is 5.11 Å². The highest BCUT2D eigenvalue weighted by Crippen LogP contribution is 2.48. The second-order valence-corrected chi connectivity index (χ2v) is 9.45. The largest absolute Gasteiger partial charge is 0.480 e. The van der Waals surface area contributed by atoms with E-state index in [2.05, 4.69) is 41.4 Å². The minimum absolute atomic E-state index is 0.329. The molecule has 0 bridgehead atoms. The zero-order valence-corrected chi connectivity index (χ0v) is 19.0. The summed E-state index contributed by atoms with van der Waals surface area (Å²) < 4.78 is -0.560. The van der Waals surface area contributed by atoms with Crippen LogP contribution < -0.4 is 0 Å². The normalized spacial score (nSPS) is 12.6. The molecule has 1 heterocycles. The molecule has 0 unspecified atom stereocenters. The Kier molecular flexibility index (Phi) is 7.20. The summed E-state index contributed by atoms with van der Waals surface area (Å²) in [5.41, 5.74) is 3.32. The van der Waals surface area contributed by atoms with Gasteiger partial charge in [-0.1, -0.05) is 97.1 Å². The number of rotatable bonds is 9. The Morgan fingerprint density at radius 3 is 1.75 bits per heavy atom. The van der Waals surface area contributed by atoms with E-state index in [1.54, 1.807) is 29.3 Å². The van der Waals surface area contributed by atoms with Gasteiger partial charge in [0.05, 0.1) is 4.75 Å². The molecule has 0 aliphatic heterocycles. The summed E-state index contributed by atoms with van der Waals surface area (Å²) in [5, 5.41) is 11.8. The Bertz CT molecular complexity index is 1050. The van der Waals surface area contributed by atoms with Gasteiger partial charge in [0, 0.05) is 16.8 Å². The van der Waals surface area contributed by atoms with Crippen LogP contribution in [0.5, 0.6) is 0 Å². The molecule has 4 aromatic rings. The highest BCUT2D eigenvalue weighted by molar-refractivity contribution is 8.00. The van der Waals surface area contributed by atoms with E-state index in [0.29, 0.717) is 5.75 Å². The van der Waals surface area contributed by atoms with Gasteiger partial charge >= 0.3 is 5.97 Å². The number of aliphatic imine (C=N–C) groups is 1. The Balaban J connectivity index is 1.77. The van der Waals surface area contributed by atoms with Crippen LogP contribution in [0.15, 0.2) is 114 Å². The number of hydrogen-bond acceptors (Lipinski definition) is 4. The highest BCUT2D eigenvalue weighted by Gasteiger charge is 2.38. The van der Waals surface area contributed by atoms with Gasteiger partial charge in [0.25, 0.3) is 0 Å². The maximum atomic E-state index is 12.1. The molecule has 0 saturated carbocycles. The molecule has 32 heavy (non-hydrogen) atoms. The second kappa shape index (κ2) is 10.4. The summed E-state index contributed by atoms with van der Waals surface area (Å²) in [6.45, 7) is 0. The second-order valence-electron chi connectivity index (χ2n) is 7.24. The standard InChI is InChI=1S/C27H23NO2S2/c29-26(30)25(28-19-24-17-10-18-31-24)20-32-27(21-11-4-1-5-12-21,22-13-6-2-7-14-22)23-15-8-3-9-16-23/h1-19,25H,20H2,(H,29,30)/t25-/m1/s1. The lowest BCUT2D eigenvalue weighted by Crippen LogP contribution is -2.30. The van der Waals surface area contributed by atoms with Crippen LogP contribution in [0, 0.1) is 0 Å². The molecule has 3 aromatic carbocycles. The smallest absolute Gasteiger partial charge is 0.329 e. The van der Waals surface area contributed by atoms with Crippen molar-refractivity contribution in [3.05, 3.63) is 130 Å². The number of thiophene rings is 1. The number of hydrogen-bond donors (Lipinski definition) is 1. The summed E-state index contributed by atoms with van der Waals surface area (Å²) >= 11 is 3.15. The minimum atomic E-state index is -0.923. The summed E-state index contributed by atoms with van der Waals surface area (Å²) in [6, 6.07) is 33.8. The van der Waals surface area contributed by atoms with Gasteiger partial charge in [-0.25, -0.2) is 4.79 Å². The van der Waals surface area contributed by atoms with Gasteiger partial charge in [0.2, 0.25) is 0 Å². The summed E-state index contributed by atoms with van der Waals surface area (Å²) in [4.78, 5) is 17.4. The van der Waals surface area contributed by atoms with Crippen molar-refractivity contribution in [3.63, 3.8) is 0 Å². The van der Waals surface area contributed by atoms with E-state index in [9.17, 15) is 9.90 Å². The zero-order chi connectivity index (χ0) is 22.2. The van der Waals surface area contributed by atoms with Gasteiger partial charge in [-0.3, -0.25) is 4.99 Å². The van der Waals surface area contributed by atoms with Crippen LogP contribution in [-0.4, -0.2) is 29.1 Å². The molecule has 4 rings (SSSR count). The van der Waals surface area contributed by atoms with Gasteiger partial charge in [-0.15, -0.1) is 23.1 Å². The molecule has 0 radical (unpaired) electrons. The average Bonchev–Trinajstić information content (AvgIpc) is 3.37. The van der Waals surface area contributed by atoms with Gasteiger partial charge in [-0.05, 0) is 28.1 Å². The van der Waals surface area contributed by atoms with Crippen LogP contribution in [-0.2, 0) is 9.54 Å². The van der Waals surface area contributed by atoms with Crippen molar-refractivity contribution >= 4 is 35.3 Å². The molecular formula is C27H23NO2S2. The summed E-state index contributed by atoms with van der Waals surface area (Å²) in [7, 11) is 0. The number of nitrogens with zero attached hydrogens (tertiary/aromatic N) is 1. The topological polar surface area (TPSA) is 49.7 Å². The van der Waals surface area contributed by atoms with E-state index >= 15 is 0 Å². The van der Waals surface area contributed by atoms with E-state index < -0.39 is 16.8 Å². The first kappa shape index (κ1) is 22.1. The van der Waals surface area contributed by atoms with E-state index in [4.69, 9.17) is 0 Å². The molecule has 1 atom stereocenters. The predicted octanol–water partition coefficient (Wildman–Crippen LogP) is 6.35. The number of thioether (sulfide) groups is 1. The molecule has 0 amide bonds. The molecule has 0 fully saturated rings. The van der Waals surface area contributed by atoms with Crippen molar-refractivity contribution in [2.24, 2.45) is 4.99 Å². The quantitative estimate of drug-likeness (QED) is 0.235. The highest BCUT2D eigenvalue weighted by atomic mass is 32.2. The third-order valence-electron chi connectivity index (χ3n) is 5.21. The van der Waals surface area contributed by atoms with Gasteiger partial charge in [0.15, 0.2) is 6.04 Å². The summed E-state index contributed by atoms with van der Waals surface area (Å²) in [6.07, 6.45) is 1.67. The third-order valence-corrected chi connectivity index (χ3v) is 7.64. The molecule has 5 heteroatoms. The minimum Gasteiger partial charge on any atom is -0.480 e. The van der Waals surface area contributed by atoms with E-state index in [-0.39, 0.29) is 0 Å². The SMILES string of the molecule is O=C(O)[C@@H](CSC(c1ccccc1)(c1ccccc1)c1ccccc1)N=Cc1cccs1. The number of aliphatic carboxylic acids is 1. The first-order chi connectivity index (χ1) is 15.7. The third kappa shape index (κ3) is 4.85. The molecule has 1 N–H and O–H groups in total. The van der Waals surface area contributed by atoms with Crippen molar-refractivity contribution in [2.75, 3.05) is 5.75 Å². The number of carboxylic acids is 1.